The molecule has 3 aliphatic rings. The predicted molar refractivity (Wildman–Crippen MR) is 124 cm³/mol. The van der Waals surface area contributed by atoms with Crippen molar-refractivity contribution in [2.24, 2.45) is 29.6 Å². The fourth-order valence-electron chi connectivity index (χ4n) is 7.23. The molecule has 0 bridgehead atoms. The Balaban J connectivity index is 1.23. The largest absolute Gasteiger partial charge is 0.573 e. The maximum absolute atomic E-state index is 12.4. The summed E-state index contributed by atoms with van der Waals surface area (Å²) in [6, 6.07) is 6.64. The molecule has 0 aliphatic heterocycles. The molecule has 0 saturated heterocycles. The molecule has 1 nitrogen and oxygen atoms in total. The Morgan fingerprint density at radius 3 is 2.00 bits per heavy atom. The van der Waals surface area contributed by atoms with Gasteiger partial charge in [-0.1, -0.05) is 57.6 Å². The summed E-state index contributed by atoms with van der Waals surface area (Å²) in [4.78, 5) is 0. The van der Waals surface area contributed by atoms with Gasteiger partial charge in [-0.3, -0.25) is 0 Å². The molecule has 4 unspecified atom stereocenters. The highest BCUT2D eigenvalue weighted by atomic mass is 19.4. The first-order valence-electron chi connectivity index (χ1n) is 13.3. The van der Waals surface area contributed by atoms with E-state index in [0.717, 1.165) is 29.6 Å². The van der Waals surface area contributed by atoms with Crippen LogP contribution >= 0.6 is 0 Å². The molecule has 1 aromatic rings. The summed E-state index contributed by atoms with van der Waals surface area (Å²) in [5.41, 5.74) is 1.18. The summed E-state index contributed by atoms with van der Waals surface area (Å²) in [7, 11) is 0. The van der Waals surface area contributed by atoms with Crippen molar-refractivity contribution in [2.45, 2.75) is 109 Å². The van der Waals surface area contributed by atoms with E-state index in [0.29, 0.717) is 5.92 Å². The van der Waals surface area contributed by atoms with Crippen LogP contribution in [0.5, 0.6) is 5.75 Å². The van der Waals surface area contributed by atoms with Gasteiger partial charge in [0.05, 0.1) is 0 Å². The molecule has 3 saturated carbocycles. The molecule has 3 fully saturated rings. The minimum atomic E-state index is -4.62. The van der Waals surface area contributed by atoms with Gasteiger partial charge in [-0.15, -0.1) is 13.2 Å². The van der Waals surface area contributed by atoms with Gasteiger partial charge in [-0.2, -0.15) is 0 Å². The minimum absolute atomic E-state index is 0.115. The lowest BCUT2D eigenvalue weighted by Crippen LogP contribution is -2.34. The summed E-state index contributed by atoms with van der Waals surface area (Å²) in [6.45, 7) is 2.30. The van der Waals surface area contributed by atoms with Crippen LogP contribution in [-0.2, 0) is 0 Å². The molecule has 0 radical (unpaired) electrons. The lowest BCUT2D eigenvalue weighted by atomic mass is 9.60. The molecule has 3 aliphatic carbocycles. The van der Waals surface area contributed by atoms with Crippen LogP contribution in [-0.4, -0.2) is 6.36 Å². The number of ether oxygens (including phenoxy) is 1. The Morgan fingerprint density at radius 1 is 0.750 bits per heavy atom. The molecule has 4 heteroatoms. The van der Waals surface area contributed by atoms with Crippen molar-refractivity contribution in [1.29, 1.82) is 0 Å². The van der Waals surface area contributed by atoms with Gasteiger partial charge in [0.2, 0.25) is 0 Å². The summed E-state index contributed by atoms with van der Waals surface area (Å²) in [6.07, 6.45) is 14.7. The second-order valence-corrected chi connectivity index (χ2v) is 11.0. The van der Waals surface area contributed by atoms with Crippen LogP contribution in [0.25, 0.3) is 0 Å². The maximum Gasteiger partial charge on any atom is 0.573 e. The predicted octanol–water partition coefficient (Wildman–Crippen LogP) is 9.27. The number of hydrogen-bond donors (Lipinski definition) is 0. The van der Waals surface area contributed by atoms with Gasteiger partial charge >= 0.3 is 6.36 Å². The highest BCUT2D eigenvalue weighted by Crippen LogP contribution is 2.51. The fraction of sp³-hybridized carbons (Fsp3) is 0.786. The molecule has 1 aromatic carbocycles. The molecular formula is C28H41F3O. The van der Waals surface area contributed by atoms with E-state index in [-0.39, 0.29) is 5.75 Å². The van der Waals surface area contributed by atoms with Crippen molar-refractivity contribution < 1.29 is 17.9 Å². The van der Waals surface area contributed by atoms with Gasteiger partial charge in [0.15, 0.2) is 0 Å². The van der Waals surface area contributed by atoms with Gasteiger partial charge in [0, 0.05) is 0 Å². The zero-order valence-corrected chi connectivity index (χ0v) is 19.7. The summed E-state index contributed by atoms with van der Waals surface area (Å²) in [5, 5.41) is 0. The normalized spacial score (nSPS) is 33.5. The number of rotatable bonds is 7. The average molecular weight is 451 g/mol. The van der Waals surface area contributed by atoms with Gasteiger partial charge < -0.3 is 4.74 Å². The van der Waals surface area contributed by atoms with Crippen molar-refractivity contribution in [3.05, 3.63) is 29.8 Å². The number of benzene rings is 1. The molecule has 180 valence electrons. The zero-order valence-electron chi connectivity index (χ0n) is 19.7. The van der Waals surface area contributed by atoms with Gasteiger partial charge in [0.1, 0.15) is 5.75 Å². The summed E-state index contributed by atoms with van der Waals surface area (Å²) >= 11 is 0. The summed E-state index contributed by atoms with van der Waals surface area (Å²) < 4.78 is 41.3. The standard InChI is InChI=1S/C28H41F3O/c1-2-3-4-5-20-6-8-21(9-7-20)23-10-12-26-19-24(11-13-25(26)18-23)22-14-16-27(17-15-22)32-28(29,30)31/h14-17,20-21,23-26H,2-13,18-19H2,1H3. The van der Waals surface area contributed by atoms with E-state index in [2.05, 4.69) is 11.7 Å². The van der Waals surface area contributed by atoms with Crippen LogP contribution in [0.15, 0.2) is 24.3 Å². The van der Waals surface area contributed by atoms with Crippen LogP contribution in [0.2, 0.25) is 0 Å². The number of fused-ring (bicyclic) bond motifs is 1. The molecule has 0 spiro atoms. The zero-order chi connectivity index (χ0) is 22.6. The van der Waals surface area contributed by atoms with Gasteiger partial charge in [-0.25, -0.2) is 0 Å². The van der Waals surface area contributed by atoms with E-state index in [9.17, 15) is 13.2 Å². The van der Waals surface area contributed by atoms with E-state index >= 15 is 0 Å². The maximum atomic E-state index is 12.4. The first kappa shape index (κ1) is 24.0. The first-order chi connectivity index (χ1) is 15.4. The topological polar surface area (TPSA) is 9.23 Å². The Bertz CT molecular complexity index is 690. The van der Waals surface area contributed by atoms with Crippen LogP contribution in [0.1, 0.15) is 108 Å². The molecule has 0 heterocycles. The van der Waals surface area contributed by atoms with E-state index in [1.165, 1.54) is 108 Å². The van der Waals surface area contributed by atoms with Crippen molar-refractivity contribution in [3.8, 4) is 5.75 Å². The fourth-order valence-corrected chi connectivity index (χ4v) is 7.23. The SMILES string of the molecule is CCCCCC1CCC(C2CCC3CC(c4ccc(OC(F)(F)F)cc4)CCC3C2)CC1. The van der Waals surface area contributed by atoms with E-state index in [1.54, 1.807) is 0 Å². The Morgan fingerprint density at radius 2 is 1.34 bits per heavy atom. The van der Waals surface area contributed by atoms with Crippen LogP contribution in [0.3, 0.4) is 0 Å². The van der Waals surface area contributed by atoms with Gasteiger partial charge in [0.25, 0.3) is 0 Å². The second kappa shape index (κ2) is 10.8. The van der Waals surface area contributed by atoms with Crippen LogP contribution < -0.4 is 4.74 Å². The van der Waals surface area contributed by atoms with Crippen LogP contribution in [0.4, 0.5) is 13.2 Å². The molecule has 0 amide bonds. The average Bonchev–Trinajstić information content (AvgIpc) is 2.78. The third-order valence-electron chi connectivity index (χ3n) is 9.01. The monoisotopic (exact) mass is 450 g/mol. The number of alkyl halides is 3. The number of hydrogen-bond acceptors (Lipinski definition) is 1. The van der Waals surface area contributed by atoms with Crippen molar-refractivity contribution in [2.75, 3.05) is 0 Å². The lowest BCUT2D eigenvalue weighted by molar-refractivity contribution is -0.274. The molecule has 32 heavy (non-hydrogen) atoms. The van der Waals surface area contributed by atoms with E-state index < -0.39 is 6.36 Å². The molecule has 4 atom stereocenters. The smallest absolute Gasteiger partial charge is 0.406 e. The first-order valence-corrected chi connectivity index (χ1v) is 13.3. The number of halogens is 3. The summed E-state index contributed by atoms with van der Waals surface area (Å²) in [5.74, 6) is 4.97. The third-order valence-corrected chi connectivity index (χ3v) is 9.01. The molecule has 4 rings (SSSR count). The quantitative estimate of drug-likeness (QED) is 0.376. The van der Waals surface area contributed by atoms with E-state index in [4.69, 9.17) is 0 Å². The molecule has 0 N–H and O–H groups in total. The molecular weight excluding hydrogens is 409 g/mol. The van der Waals surface area contributed by atoms with Crippen LogP contribution in [0, 0.1) is 29.6 Å². The van der Waals surface area contributed by atoms with Crippen molar-refractivity contribution in [1.82, 2.24) is 0 Å². The van der Waals surface area contributed by atoms with Crippen molar-refractivity contribution >= 4 is 0 Å². The Hall–Kier alpha value is -1.19. The lowest BCUT2D eigenvalue weighted by Gasteiger charge is -2.45. The minimum Gasteiger partial charge on any atom is -0.406 e. The van der Waals surface area contributed by atoms with Crippen molar-refractivity contribution in [3.63, 3.8) is 0 Å². The van der Waals surface area contributed by atoms with E-state index in [1.807, 2.05) is 12.1 Å². The Labute approximate surface area is 192 Å². The molecule has 0 aromatic heterocycles. The third kappa shape index (κ3) is 6.44. The highest BCUT2D eigenvalue weighted by Gasteiger charge is 2.39. The highest BCUT2D eigenvalue weighted by molar-refractivity contribution is 5.30. The number of unbranched alkanes of at least 4 members (excludes halogenated alkanes) is 2. The van der Waals surface area contributed by atoms with Gasteiger partial charge in [-0.05, 0) is 105 Å². The Kier molecular flexibility index (Phi) is 8.10. The second-order valence-electron chi connectivity index (χ2n) is 11.0.